The monoisotopic (exact) mass is 409 g/mol. The van der Waals surface area contributed by atoms with Crippen molar-refractivity contribution in [2.45, 2.75) is 30.8 Å². The minimum absolute atomic E-state index is 0.0548. The summed E-state index contributed by atoms with van der Waals surface area (Å²) in [6.07, 6.45) is 0. The SMILES string of the molecule is CC(C)N(C)S(=O)(=O)c1cccc(C(=O)NCC(c2ccsc2)N(C)C)c1. The van der Waals surface area contributed by atoms with Crippen molar-refractivity contribution in [2.24, 2.45) is 0 Å². The zero-order valence-corrected chi connectivity index (χ0v) is 18.0. The van der Waals surface area contributed by atoms with Gasteiger partial charge in [-0.05, 0) is 68.5 Å². The Kier molecular flexibility index (Phi) is 7.16. The topological polar surface area (TPSA) is 69.7 Å². The molecule has 2 aromatic rings. The summed E-state index contributed by atoms with van der Waals surface area (Å²) in [5.74, 6) is -0.290. The molecular formula is C19H27N3O3S2. The predicted molar refractivity (Wildman–Crippen MR) is 110 cm³/mol. The first-order valence-corrected chi connectivity index (χ1v) is 11.1. The number of benzene rings is 1. The zero-order chi connectivity index (χ0) is 20.2. The van der Waals surface area contributed by atoms with Crippen LogP contribution in [0.4, 0.5) is 0 Å². The number of nitrogens with zero attached hydrogens (tertiary/aromatic N) is 2. The molecule has 148 valence electrons. The molecule has 0 radical (unpaired) electrons. The molecule has 1 amide bonds. The molecule has 0 spiro atoms. The van der Waals surface area contributed by atoms with Crippen LogP contribution in [0.3, 0.4) is 0 Å². The lowest BCUT2D eigenvalue weighted by atomic mass is 10.1. The molecule has 0 aliphatic heterocycles. The summed E-state index contributed by atoms with van der Waals surface area (Å²) in [6.45, 7) is 4.05. The third kappa shape index (κ3) is 5.16. The molecule has 0 aliphatic carbocycles. The highest BCUT2D eigenvalue weighted by Gasteiger charge is 2.24. The lowest BCUT2D eigenvalue weighted by molar-refractivity contribution is 0.0941. The van der Waals surface area contributed by atoms with E-state index in [-0.39, 0.29) is 22.9 Å². The predicted octanol–water partition coefficient (Wildman–Crippen LogP) is 2.81. The van der Waals surface area contributed by atoms with E-state index in [1.165, 1.54) is 23.5 Å². The van der Waals surface area contributed by atoms with Crippen molar-refractivity contribution in [2.75, 3.05) is 27.7 Å². The van der Waals surface area contributed by atoms with E-state index in [1.807, 2.05) is 30.4 Å². The maximum atomic E-state index is 12.6. The van der Waals surface area contributed by atoms with E-state index >= 15 is 0 Å². The molecule has 1 atom stereocenters. The van der Waals surface area contributed by atoms with Gasteiger partial charge in [0.25, 0.3) is 5.91 Å². The second-order valence-corrected chi connectivity index (χ2v) is 9.67. The second kappa shape index (κ2) is 8.97. The molecule has 1 unspecified atom stereocenters. The van der Waals surface area contributed by atoms with Crippen molar-refractivity contribution in [3.63, 3.8) is 0 Å². The fraction of sp³-hybridized carbons (Fsp3) is 0.421. The number of hydrogen-bond acceptors (Lipinski definition) is 5. The number of hydrogen-bond donors (Lipinski definition) is 1. The van der Waals surface area contributed by atoms with Gasteiger partial charge in [-0.1, -0.05) is 6.07 Å². The number of nitrogens with one attached hydrogen (secondary N) is 1. The number of amides is 1. The molecule has 0 bridgehead atoms. The lowest BCUT2D eigenvalue weighted by Crippen LogP contribution is -2.35. The summed E-state index contributed by atoms with van der Waals surface area (Å²) >= 11 is 1.61. The van der Waals surface area contributed by atoms with Crippen LogP contribution in [0.25, 0.3) is 0 Å². The zero-order valence-electron chi connectivity index (χ0n) is 16.3. The molecule has 0 saturated heterocycles. The van der Waals surface area contributed by atoms with E-state index in [4.69, 9.17) is 0 Å². The van der Waals surface area contributed by atoms with Crippen LogP contribution >= 0.6 is 11.3 Å². The summed E-state index contributed by atoms with van der Waals surface area (Å²) in [4.78, 5) is 14.8. The van der Waals surface area contributed by atoms with Gasteiger partial charge in [-0.2, -0.15) is 15.6 Å². The number of thiophene rings is 1. The van der Waals surface area contributed by atoms with Gasteiger partial charge in [0, 0.05) is 25.2 Å². The van der Waals surface area contributed by atoms with Crippen molar-refractivity contribution in [1.29, 1.82) is 0 Å². The largest absolute Gasteiger partial charge is 0.350 e. The number of likely N-dealkylation sites (N-methyl/N-ethyl adjacent to an activating group) is 1. The summed E-state index contributed by atoms with van der Waals surface area (Å²) in [6, 6.07) is 8.09. The molecule has 27 heavy (non-hydrogen) atoms. The molecule has 1 N–H and O–H groups in total. The van der Waals surface area contributed by atoms with Crippen LogP contribution in [0, 0.1) is 0 Å². The van der Waals surface area contributed by atoms with Crippen LogP contribution in [0.5, 0.6) is 0 Å². The number of carbonyl (C=O) groups excluding carboxylic acids is 1. The maximum Gasteiger partial charge on any atom is 0.251 e. The highest BCUT2D eigenvalue weighted by Crippen LogP contribution is 2.21. The third-order valence-corrected chi connectivity index (χ3v) is 7.24. The molecular weight excluding hydrogens is 382 g/mol. The van der Waals surface area contributed by atoms with Crippen molar-refractivity contribution in [3.8, 4) is 0 Å². The number of sulfonamides is 1. The van der Waals surface area contributed by atoms with E-state index in [2.05, 4.69) is 10.7 Å². The van der Waals surface area contributed by atoms with Crippen molar-refractivity contribution in [3.05, 3.63) is 52.2 Å². The Balaban J connectivity index is 2.16. The first-order valence-electron chi connectivity index (χ1n) is 8.69. The molecule has 1 heterocycles. The Morgan fingerprint density at radius 1 is 1.19 bits per heavy atom. The minimum Gasteiger partial charge on any atom is -0.350 e. The molecule has 1 aromatic heterocycles. The van der Waals surface area contributed by atoms with E-state index in [0.717, 1.165) is 5.56 Å². The second-order valence-electron chi connectivity index (χ2n) is 6.89. The number of rotatable bonds is 8. The van der Waals surface area contributed by atoms with Gasteiger partial charge in [-0.3, -0.25) is 4.79 Å². The van der Waals surface area contributed by atoms with Crippen molar-refractivity contribution >= 4 is 27.3 Å². The van der Waals surface area contributed by atoms with Gasteiger partial charge < -0.3 is 10.2 Å². The molecule has 2 rings (SSSR count). The Morgan fingerprint density at radius 2 is 1.89 bits per heavy atom. The van der Waals surface area contributed by atoms with E-state index in [9.17, 15) is 13.2 Å². The lowest BCUT2D eigenvalue weighted by Gasteiger charge is -2.24. The van der Waals surface area contributed by atoms with Crippen LogP contribution in [0.15, 0.2) is 46.0 Å². The average Bonchev–Trinajstić information content (AvgIpc) is 3.15. The summed E-state index contributed by atoms with van der Waals surface area (Å²) < 4.78 is 26.6. The van der Waals surface area contributed by atoms with Gasteiger partial charge in [0.2, 0.25) is 10.0 Å². The van der Waals surface area contributed by atoms with Gasteiger partial charge in [-0.15, -0.1) is 0 Å². The van der Waals surface area contributed by atoms with Crippen LogP contribution in [-0.4, -0.2) is 57.3 Å². The normalized spacial score (nSPS) is 13.3. The van der Waals surface area contributed by atoms with Crippen molar-refractivity contribution < 1.29 is 13.2 Å². The van der Waals surface area contributed by atoms with Gasteiger partial charge in [0.15, 0.2) is 0 Å². The highest BCUT2D eigenvalue weighted by molar-refractivity contribution is 7.89. The highest BCUT2D eigenvalue weighted by atomic mass is 32.2. The van der Waals surface area contributed by atoms with Crippen LogP contribution in [0.2, 0.25) is 0 Å². The van der Waals surface area contributed by atoms with Crippen LogP contribution in [0.1, 0.15) is 35.8 Å². The Bertz CT molecular complexity index is 862. The van der Waals surface area contributed by atoms with Crippen molar-refractivity contribution in [1.82, 2.24) is 14.5 Å². The van der Waals surface area contributed by atoms with E-state index in [0.29, 0.717) is 12.1 Å². The third-order valence-electron chi connectivity index (χ3n) is 4.51. The summed E-state index contributed by atoms with van der Waals surface area (Å²) in [7, 11) is 1.83. The first kappa shape index (κ1) is 21.6. The summed E-state index contributed by atoms with van der Waals surface area (Å²) in [5, 5.41) is 6.98. The Hall–Kier alpha value is -1.74. The molecule has 8 heteroatoms. The van der Waals surface area contributed by atoms with Gasteiger partial charge in [0.1, 0.15) is 0 Å². The summed E-state index contributed by atoms with van der Waals surface area (Å²) in [5.41, 5.74) is 1.47. The number of carbonyl (C=O) groups is 1. The van der Waals surface area contributed by atoms with Crippen LogP contribution < -0.4 is 5.32 Å². The maximum absolute atomic E-state index is 12.6. The van der Waals surface area contributed by atoms with E-state index < -0.39 is 10.0 Å². The molecule has 1 aromatic carbocycles. The van der Waals surface area contributed by atoms with Gasteiger partial charge in [0.05, 0.1) is 10.9 Å². The fourth-order valence-electron chi connectivity index (χ4n) is 2.60. The van der Waals surface area contributed by atoms with Gasteiger partial charge >= 0.3 is 0 Å². The average molecular weight is 410 g/mol. The smallest absolute Gasteiger partial charge is 0.251 e. The Morgan fingerprint density at radius 3 is 2.44 bits per heavy atom. The quantitative estimate of drug-likeness (QED) is 0.728. The van der Waals surface area contributed by atoms with Gasteiger partial charge in [-0.25, -0.2) is 8.42 Å². The van der Waals surface area contributed by atoms with E-state index in [1.54, 1.807) is 37.3 Å². The Labute approximate surface area is 165 Å². The first-order chi connectivity index (χ1) is 12.6. The minimum atomic E-state index is -3.63. The molecule has 0 saturated carbocycles. The molecule has 0 aliphatic rings. The fourth-order valence-corrected chi connectivity index (χ4v) is 4.72. The molecule has 0 fully saturated rings. The van der Waals surface area contributed by atoms with Crippen LogP contribution in [-0.2, 0) is 10.0 Å². The molecule has 6 nitrogen and oxygen atoms in total. The standard InChI is InChI=1S/C19H27N3O3S2/c1-14(2)22(5)27(24,25)17-8-6-7-15(11-17)19(23)20-12-18(21(3)4)16-9-10-26-13-16/h6-11,13-14,18H,12H2,1-5H3,(H,20,23).